The van der Waals surface area contributed by atoms with Crippen LogP contribution in [0.4, 0.5) is 0 Å². The lowest BCUT2D eigenvalue weighted by Gasteiger charge is -2.32. The summed E-state index contributed by atoms with van der Waals surface area (Å²) in [6.07, 6.45) is 0.559. The molecule has 35 heavy (non-hydrogen) atoms. The number of halogens is 1. The molecule has 1 N–H and O–H groups in total. The number of ether oxygens (including phenoxy) is 1. The van der Waals surface area contributed by atoms with E-state index in [4.69, 9.17) is 16.3 Å². The molecule has 2 amide bonds. The van der Waals surface area contributed by atoms with E-state index in [0.29, 0.717) is 29.7 Å². The van der Waals surface area contributed by atoms with Gasteiger partial charge in [0.1, 0.15) is 11.8 Å². The van der Waals surface area contributed by atoms with Gasteiger partial charge in [-0.1, -0.05) is 80.0 Å². The van der Waals surface area contributed by atoms with Gasteiger partial charge in [0.2, 0.25) is 11.8 Å². The number of carbonyl (C=O) groups excluding carboxylic acids is 2. The van der Waals surface area contributed by atoms with E-state index in [1.807, 2.05) is 80.6 Å². The second-order valence-corrected chi connectivity index (χ2v) is 9.46. The summed E-state index contributed by atoms with van der Waals surface area (Å²) in [5.41, 5.74) is 2.68. The van der Waals surface area contributed by atoms with Gasteiger partial charge in [-0.15, -0.1) is 0 Å². The summed E-state index contributed by atoms with van der Waals surface area (Å²) in [4.78, 5) is 28.9. The van der Waals surface area contributed by atoms with Crippen LogP contribution in [0.25, 0.3) is 0 Å². The van der Waals surface area contributed by atoms with Gasteiger partial charge in [-0.25, -0.2) is 0 Å². The third-order valence-corrected chi connectivity index (χ3v) is 5.92. The average molecular weight is 493 g/mol. The number of nitrogens with one attached hydrogen (secondary N) is 1. The first kappa shape index (κ1) is 26.3. The van der Waals surface area contributed by atoms with Crippen molar-refractivity contribution in [3.8, 4) is 5.75 Å². The number of nitrogens with zero attached hydrogens (tertiary/aromatic N) is 1. The molecule has 0 bridgehead atoms. The summed E-state index contributed by atoms with van der Waals surface area (Å²) in [5.74, 6) is 0.694. The predicted octanol–water partition coefficient (Wildman–Crippen LogP) is 5.30. The van der Waals surface area contributed by atoms with E-state index in [2.05, 4.69) is 5.32 Å². The highest BCUT2D eigenvalue weighted by atomic mass is 35.5. The Labute approximate surface area is 213 Å². The zero-order valence-electron chi connectivity index (χ0n) is 20.5. The highest BCUT2D eigenvalue weighted by molar-refractivity contribution is 6.30. The molecule has 3 rings (SSSR count). The maximum atomic E-state index is 13.7. The second kappa shape index (κ2) is 13.0. The highest BCUT2D eigenvalue weighted by Crippen LogP contribution is 2.20. The van der Waals surface area contributed by atoms with E-state index < -0.39 is 6.04 Å². The first-order chi connectivity index (χ1) is 16.9. The van der Waals surface area contributed by atoms with Crippen LogP contribution in [0, 0.1) is 5.92 Å². The molecule has 0 heterocycles. The van der Waals surface area contributed by atoms with Gasteiger partial charge < -0.3 is 15.0 Å². The van der Waals surface area contributed by atoms with Crippen LogP contribution in [0.15, 0.2) is 78.9 Å². The lowest BCUT2D eigenvalue weighted by molar-refractivity contribution is -0.140. The molecule has 1 atom stereocenters. The average Bonchev–Trinajstić information content (AvgIpc) is 2.85. The summed E-state index contributed by atoms with van der Waals surface area (Å²) in [7, 11) is 1.61. The van der Waals surface area contributed by atoms with Gasteiger partial charge in [0.05, 0.1) is 13.5 Å². The topological polar surface area (TPSA) is 58.6 Å². The molecule has 0 aliphatic heterocycles. The standard InChI is InChI=1S/C29H33ClN2O3/c1-21(2)19-31-29(34)27(17-22-9-5-4-6-10-22)32(20-24-12-8-14-26(16-24)35-3)28(33)18-23-11-7-13-25(30)15-23/h4-16,21,27H,17-20H2,1-3H3,(H,31,34)/t27-/m0/s1. The van der Waals surface area contributed by atoms with Crippen molar-refractivity contribution in [3.63, 3.8) is 0 Å². The zero-order valence-corrected chi connectivity index (χ0v) is 21.3. The Morgan fingerprint density at radius 1 is 0.914 bits per heavy atom. The van der Waals surface area contributed by atoms with Crippen molar-refractivity contribution >= 4 is 23.4 Å². The van der Waals surface area contributed by atoms with Crippen LogP contribution in [0.2, 0.25) is 5.02 Å². The minimum absolute atomic E-state index is 0.143. The number of benzene rings is 3. The maximum Gasteiger partial charge on any atom is 0.243 e. The number of rotatable bonds is 11. The second-order valence-electron chi connectivity index (χ2n) is 9.02. The van der Waals surface area contributed by atoms with E-state index in [9.17, 15) is 9.59 Å². The van der Waals surface area contributed by atoms with Gasteiger partial charge in [0, 0.05) is 24.5 Å². The maximum absolute atomic E-state index is 13.7. The van der Waals surface area contributed by atoms with Crippen molar-refractivity contribution < 1.29 is 14.3 Å². The molecule has 184 valence electrons. The molecule has 0 unspecified atom stereocenters. The first-order valence-electron chi connectivity index (χ1n) is 11.8. The fraction of sp³-hybridized carbons (Fsp3) is 0.310. The first-order valence-corrected chi connectivity index (χ1v) is 12.2. The Morgan fingerprint density at radius 3 is 2.29 bits per heavy atom. The molecule has 0 fully saturated rings. The third-order valence-electron chi connectivity index (χ3n) is 5.69. The minimum atomic E-state index is -0.672. The number of carbonyl (C=O) groups is 2. The number of methoxy groups -OCH3 is 1. The molecule has 0 aliphatic rings. The Kier molecular flexibility index (Phi) is 9.74. The van der Waals surface area contributed by atoms with E-state index in [1.54, 1.807) is 24.1 Å². The normalized spacial score (nSPS) is 11.7. The van der Waals surface area contributed by atoms with E-state index in [0.717, 1.165) is 16.7 Å². The number of hydrogen-bond donors (Lipinski definition) is 1. The monoisotopic (exact) mass is 492 g/mol. The van der Waals surface area contributed by atoms with Gasteiger partial charge in [0.15, 0.2) is 0 Å². The van der Waals surface area contributed by atoms with Gasteiger partial charge in [-0.05, 0) is 46.9 Å². The molecule has 5 nitrogen and oxygen atoms in total. The molecule has 0 saturated heterocycles. The summed E-state index contributed by atoms with van der Waals surface area (Å²) < 4.78 is 5.38. The quantitative estimate of drug-likeness (QED) is 0.395. The van der Waals surface area contributed by atoms with Gasteiger partial charge >= 0.3 is 0 Å². The molecule has 0 aliphatic carbocycles. The van der Waals surface area contributed by atoms with Crippen molar-refractivity contribution in [1.29, 1.82) is 0 Å². The molecule has 3 aromatic carbocycles. The molecule has 0 aromatic heterocycles. The Morgan fingerprint density at radius 2 is 1.60 bits per heavy atom. The van der Waals surface area contributed by atoms with E-state index in [1.165, 1.54) is 0 Å². The van der Waals surface area contributed by atoms with Crippen molar-refractivity contribution in [2.24, 2.45) is 5.92 Å². The van der Waals surface area contributed by atoms with E-state index in [-0.39, 0.29) is 24.8 Å². The van der Waals surface area contributed by atoms with Crippen LogP contribution < -0.4 is 10.1 Å². The molecule has 3 aromatic rings. The molecular weight excluding hydrogens is 460 g/mol. The van der Waals surface area contributed by atoms with Crippen LogP contribution in [-0.4, -0.2) is 36.4 Å². The molecular formula is C29H33ClN2O3. The van der Waals surface area contributed by atoms with Gasteiger partial charge in [-0.3, -0.25) is 9.59 Å². The Balaban J connectivity index is 1.97. The van der Waals surface area contributed by atoms with Crippen LogP contribution in [-0.2, 0) is 29.0 Å². The van der Waals surface area contributed by atoms with Crippen molar-refractivity contribution in [2.45, 2.75) is 39.3 Å². The van der Waals surface area contributed by atoms with Crippen LogP contribution in [0.5, 0.6) is 5.75 Å². The van der Waals surface area contributed by atoms with Crippen LogP contribution >= 0.6 is 11.6 Å². The molecule has 0 radical (unpaired) electrons. The van der Waals surface area contributed by atoms with Crippen LogP contribution in [0.3, 0.4) is 0 Å². The van der Waals surface area contributed by atoms with Crippen LogP contribution in [0.1, 0.15) is 30.5 Å². The smallest absolute Gasteiger partial charge is 0.243 e. The molecule has 0 saturated carbocycles. The SMILES string of the molecule is COc1cccc(CN(C(=O)Cc2cccc(Cl)c2)[C@@H](Cc2ccccc2)C(=O)NCC(C)C)c1. The van der Waals surface area contributed by atoms with Crippen molar-refractivity contribution in [1.82, 2.24) is 10.2 Å². The minimum Gasteiger partial charge on any atom is -0.497 e. The van der Waals surface area contributed by atoms with Crippen molar-refractivity contribution in [2.75, 3.05) is 13.7 Å². The number of hydrogen-bond acceptors (Lipinski definition) is 3. The Bertz CT molecular complexity index is 1120. The number of amides is 2. The summed E-state index contributed by atoms with van der Waals surface area (Å²) >= 11 is 6.16. The summed E-state index contributed by atoms with van der Waals surface area (Å²) in [6.45, 7) is 4.92. The fourth-order valence-corrected chi connectivity index (χ4v) is 4.08. The molecule has 0 spiro atoms. The predicted molar refractivity (Wildman–Crippen MR) is 140 cm³/mol. The van der Waals surface area contributed by atoms with Gasteiger partial charge in [-0.2, -0.15) is 0 Å². The largest absolute Gasteiger partial charge is 0.497 e. The molecule has 6 heteroatoms. The Hall–Kier alpha value is -3.31. The van der Waals surface area contributed by atoms with Crippen molar-refractivity contribution in [3.05, 3.63) is 101 Å². The third kappa shape index (κ3) is 8.15. The van der Waals surface area contributed by atoms with E-state index >= 15 is 0 Å². The lowest BCUT2D eigenvalue weighted by Crippen LogP contribution is -2.51. The highest BCUT2D eigenvalue weighted by Gasteiger charge is 2.30. The lowest BCUT2D eigenvalue weighted by atomic mass is 10.0. The zero-order chi connectivity index (χ0) is 25.2. The van der Waals surface area contributed by atoms with Gasteiger partial charge in [0.25, 0.3) is 0 Å². The summed E-state index contributed by atoms with van der Waals surface area (Å²) in [6, 6.07) is 24.0. The fourth-order valence-electron chi connectivity index (χ4n) is 3.87. The summed E-state index contributed by atoms with van der Waals surface area (Å²) in [5, 5.41) is 3.61.